The normalized spacial score (nSPS) is 16.9. The molecule has 6 nitrogen and oxygen atoms in total. The maximum absolute atomic E-state index is 14.0. The minimum Gasteiger partial charge on any atom is -0.365 e. The number of halogens is 3. The number of rotatable bonds is 5. The first kappa shape index (κ1) is 24.3. The molecule has 30 heavy (non-hydrogen) atoms. The lowest BCUT2D eigenvalue weighted by atomic mass is 10.2. The number of nitrogens with one attached hydrogen (secondary N) is 2. The molecule has 1 aliphatic rings. The summed E-state index contributed by atoms with van der Waals surface area (Å²) in [4.78, 5) is 6.16. The molecule has 1 unspecified atom stereocenters. The Morgan fingerprint density at radius 1 is 1.17 bits per heavy atom. The van der Waals surface area contributed by atoms with Crippen LogP contribution in [0.25, 0.3) is 0 Å². The van der Waals surface area contributed by atoms with Gasteiger partial charge in [0.05, 0.1) is 4.90 Å². The Balaban J connectivity index is 0.00000320. The van der Waals surface area contributed by atoms with Gasteiger partial charge in [0.25, 0.3) is 0 Å². The van der Waals surface area contributed by atoms with Gasteiger partial charge in [-0.2, -0.15) is 0 Å². The summed E-state index contributed by atoms with van der Waals surface area (Å²) < 4.78 is 51.0. The maximum Gasteiger partial charge on any atom is 0.191 e. The standard InChI is InChI=1S/C20H24F2N4O2S.HI/c1-23-20(24-12-14-6-8-16(9-7-14)29(2,27)28)25-15-10-11-26(13-15)19-17(21)4-3-5-18(19)22;/h3-9,15H,10-13H2,1-2H3,(H2,23,24,25);1H. The van der Waals surface area contributed by atoms with E-state index in [1.54, 1.807) is 36.2 Å². The van der Waals surface area contributed by atoms with E-state index in [0.717, 1.165) is 12.0 Å². The van der Waals surface area contributed by atoms with E-state index >= 15 is 0 Å². The van der Waals surface area contributed by atoms with E-state index in [4.69, 9.17) is 0 Å². The first-order valence-electron chi connectivity index (χ1n) is 9.23. The fraction of sp³-hybridized carbons (Fsp3) is 0.350. The second-order valence-corrected chi connectivity index (χ2v) is 9.00. The van der Waals surface area contributed by atoms with Gasteiger partial charge in [0.2, 0.25) is 0 Å². The third-order valence-corrected chi connectivity index (χ3v) is 5.95. The molecule has 2 aromatic carbocycles. The summed E-state index contributed by atoms with van der Waals surface area (Å²) in [5.41, 5.74) is 0.910. The summed E-state index contributed by atoms with van der Waals surface area (Å²) in [6.45, 7) is 1.46. The second kappa shape index (κ2) is 10.4. The lowest BCUT2D eigenvalue weighted by Crippen LogP contribution is -2.44. The van der Waals surface area contributed by atoms with Crippen molar-refractivity contribution in [2.75, 3.05) is 31.3 Å². The largest absolute Gasteiger partial charge is 0.365 e. The zero-order chi connectivity index (χ0) is 21.0. The number of hydrogen-bond acceptors (Lipinski definition) is 4. The van der Waals surface area contributed by atoms with Crippen LogP contribution in [0.2, 0.25) is 0 Å². The lowest BCUT2D eigenvalue weighted by molar-refractivity contribution is 0.575. The fourth-order valence-electron chi connectivity index (χ4n) is 3.30. The summed E-state index contributed by atoms with van der Waals surface area (Å²) >= 11 is 0. The minimum absolute atomic E-state index is 0. The quantitative estimate of drug-likeness (QED) is 0.341. The molecule has 0 saturated carbocycles. The fourth-order valence-corrected chi connectivity index (χ4v) is 3.93. The highest BCUT2D eigenvalue weighted by Crippen LogP contribution is 2.26. The van der Waals surface area contributed by atoms with Gasteiger partial charge in [-0.05, 0) is 36.2 Å². The number of benzene rings is 2. The van der Waals surface area contributed by atoms with Gasteiger partial charge in [0, 0.05) is 39.0 Å². The molecule has 164 valence electrons. The SMILES string of the molecule is CN=C(NCc1ccc(S(C)(=O)=O)cc1)NC1CCN(c2c(F)cccc2F)C1.I. The molecule has 0 spiro atoms. The summed E-state index contributed by atoms with van der Waals surface area (Å²) in [5.74, 6) is -0.561. The van der Waals surface area contributed by atoms with Crippen molar-refractivity contribution >= 4 is 45.5 Å². The number of anilines is 1. The third-order valence-electron chi connectivity index (χ3n) is 4.82. The lowest BCUT2D eigenvalue weighted by Gasteiger charge is -2.21. The van der Waals surface area contributed by atoms with Gasteiger partial charge in [-0.3, -0.25) is 4.99 Å². The van der Waals surface area contributed by atoms with Crippen molar-refractivity contribution in [3.05, 3.63) is 59.7 Å². The minimum atomic E-state index is -3.22. The average Bonchev–Trinajstić information content (AvgIpc) is 3.12. The van der Waals surface area contributed by atoms with Gasteiger partial charge in [0.1, 0.15) is 17.3 Å². The average molecular weight is 550 g/mol. The molecule has 0 radical (unpaired) electrons. The molecule has 1 atom stereocenters. The molecule has 1 saturated heterocycles. The monoisotopic (exact) mass is 550 g/mol. The van der Waals surface area contributed by atoms with Gasteiger partial charge in [-0.25, -0.2) is 17.2 Å². The third kappa shape index (κ3) is 6.03. The molecule has 3 rings (SSSR count). The number of hydrogen-bond donors (Lipinski definition) is 2. The van der Waals surface area contributed by atoms with Gasteiger partial charge in [-0.15, -0.1) is 24.0 Å². The van der Waals surface area contributed by atoms with Crippen molar-refractivity contribution in [1.82, 2.24) is 10.6 Å². The molecule has 0 aromatic heterocycles. The van der Waals surface area contributed by atoms with Crippen molar-refractivity contribution in [2.45, 2.75) is 23.9 Å². The molecule has 0 amide bonds. The Morgan fingerprint density at radius 3 is 2.37 bits per heavy atom. The van der Waals surface area contributed by atoms with Crippen LogP contribution in [-0.4, -0.2) is 46.8 Å². The van der Waals surface area contributed by atoms with E-state index in [1.807, 2.05) is 0 Å². The zero-order valence-electron chi connectivity index (χ0n) is 16.7. The number of guanidine groups is 1. The van der Waals surface area contributed by atoms with E-state index in [0.29, 0.717) is 25.6 Å². The van der Waals surface area contributed by atoms with Gasteiger partial charge in [0.15, 0.2) is 15.8 Å². The first-order chi connectivity index (χ1) is 13.8. The molecule has 2 aromatic rings. The highest BCUT2D eigenvalue weighted by atomic mass is 127. The smallest absolute Gasteiger partial charge is 0.191 e. The van der Waals surface area contributed by atoms with Crippen LogP contribution in [0.15, 0.2) is 52.4 Å². The maximum atomic E-state index is 14.0. The predicted octanol–water partition coefficient (Wildman–Crippen LogP) is 2.93. The molecule has 10 heteroatoms. The summed E-state index contributed by atoms with van der Waals surface area (Å²) in [7, 11) is -1.58. The topological polar surface area (TPSA) is 73.8 Å². The Hall–Kier alpha value is -1.95. The number of para-hydroxylation sites is 1. The Labute approximate surface area is 192 Å². The summed E-state index contributed by atoms with van der Waals surface area (Å²) in [6.07, 6.45) is 1.89. The highest BCUT2D eigenvalue weighted by Gasteiger charge is 2.27. The van der Waals surface area contributed by atoms with Crippen LogP contribution in [0.5, 0.6) is 0 Å². The van der Waals surface area contributed by atoms with Crippen molar-refractivity contribution in [3.8, 4) is 0 Å². The molecule has 0 bridgehead atoms. The van der Waals surface area contributed by atoms with Crippen LogP contribution in [0.3, 0.4) is 0 Å². The molecule has 1 heterocycles. The summed E-state index contributed by atoms with van der Waals surface area (Å²) in [6, 6.07) is 10.5. The van der Waals surface area contributed by atoms with Gasteiger partial charge >= 0.3 is 0 Å². The molecule has 1 aliphatic heterocycles. The Bertz CT molecular complexity index is 980. The van der Waals surface area contributed by atoms with Crippen LogP contribution in [-0.2, 0) is 16.4 Å². The van der Waals surface area contributed by atoms with E-state index < -0.39 is 21.5 Å². The van der Waals surface area contributed by atoms with Gasteiger partial charge < -0.3 is 15.5 Å². The van der Waals surface area contributed by atoms with E-state index in [9.17, 15) is 17.2 Å². The molecule has 2 N–H and O–H groups in total. The van der Waals surface area contributed by atoms with Gasteiger partial charge in [-0.1, -0.05) is 18.2 Å². The Morgan fingerprint density at radius 2 is 1.80 bits per heavy atom. The summed E-state index contributed by atoms with van der Waals surface area (Å²) in [5, 5.41) is 6.44. The van der Waals surface area contributed by atoms with Crippen molar-refractivity contribution in [1.29, 1.82) is 0 Å². The van der Waals surface area contributed by atoms with Crippen molar-refractivity contribution in [3.63, 3.8) is 0 Å². The van der Waals surface area contributed by atoms with Crippen molar-refractivity contribution in [2.24, 2.45) is 4.99 Å². The molecular formula is C20H25F2IN4O2S. The number of sulfone groups is 1. The number of aliphatic imine (C=N–C) groups is 1. The predicted molar refractivity (Wildman–Crippen MR) is 125 cm³/mol. The van der Waals surface area contributed by atoms with Crippen LogP contribution in [0.4, 0.5) is 14.5 Å². The molecule has 1 fully saturated rings. The van der Waals surface area contributed by atoms with Crippen molar-refractivity contribution < 1.29 is 17.2 Å². The van der Waals surface area contributed by atoms with Crippen LogP contribution in [0, 0.1) is 11.6 Å². The number of nitrogens with zero attached hydrogens (tertiary/aromatic N) is 2. The van der Waals surface area contributed by atoms with E-state index in [1.165, 1.54) is 24.5 Å². The van der Waals surface area contributed by atoms with Crippen LogP contribution >= 0.6 is 24.0 Å². The first-order valence-corrected chi connectivity index (χ1v) is 11.1. The second-order valence-electron chi connectivity index (χ2n) is 6.99. The Kier molecular flexibility index (Phi) is 8.42. The van der Waals surface area contributed by atoms with Crippen LogP contribution < -0.4 is 15.5 Å². The van der Waals surface area contributed by atoms with E-state index in [-0.39, 0.29) is 40.6 Å². The van der Waals surface area contributed by atoms with Crippen LogP contribution in [0.1, 0.15) is 12.0 Å². The molecular weight excluding hydrogens is 525 g/mol. The highest BCUT2D eigenvalue weighted by molar-refractivity contribution is 14.0. The van der Waals surface area contributed by atoms with E-state index in [2.05, 4.69) is 15.6 Å². The zero-order valence-corrected chi connectivity index (χ0v) is 19.9. The molecule has 0 aliphatic carbocycles.